The molecule has 1 atom stereocenters. The minimum absolute atomic E-state index is 0.0991. The lowest BCUT2D eigenvalue weighted by atomic mass is 10.1. The van der Waals surface area contributed by atoms with Gasteiger partial charge in [0.2, 0.25) is 0 Å². The summed E-state index contributed by atoms with van der Waals surface area (Å²) in [6.07, 6.45) is 1.000. The first-order valence-corrected chi connectivity index (χ1v) is 7.41. The Kier molecular flexibility index (Phi) is 7.15. The third-order valence-electron chi connectivity index (χ3n) is 3.38. The van der Waals surface area contributed by atoms with E-state index >= 15 is 0 Å². The fourth-order valence-corrected chi connectivity index (χ4v) is 2.01. The van der Waals surface area contributed by atoms with Gasteiger partial charge in [-0.2, -0.15) is 0 Å². The third kappa shape index (κ3) is 5.34. The smallest absolute Gasteiger partial charge is 0.260 e. The molecule has 0 aromatic heterocycles. The number of hydrogen-bond acceptors (Lipinski definition) is 3. The average molecular weight is 296 g/mol. The van der Waals surface area contributed by atoms with E-state index in [1.807, 2.05) is 13.8 Å². The Balaban J connectivity index is 2.65. The summed E-state index contributed by atoms with van der Waals surface area (Å²) < 4.78 is 19.3. The summed E-state index contributed by atoms with van der Waals surface area (Å²) in [5, 5.41) is 5.84. The molecule has 0 heterocycles. The molecule has 5 heteroatoms. The highest BCUT2D eigenvalue weighted by Gasteiger charge is 2.18. The first kappa shape index (κ1) is 17.4. The van der Waals surface area contributed by atoms with Crippen LogP contribution in [-0.4, -0.2) is 25.1 Å². The molecule has 0 saturated heterocycles. The summed E-state index contributed by atoms with van der Waals surface area (Å²) in [7, 11) is 1.80. The minimum atomic E-state index is -0.727. The van der Waals surface area contributed by atoms with E-state index in [1.165, 1.54) is 6.07 Å². The molecule has 0 spiro atoms. The van der Waals surface area contributed by atoms with Gasteiger partial charge < -0.3 is 15.4 Å². The minimum Gasteiger partial charge on any atom is -0.478 e. The summed E-state index contributed by atoms with van der Waals surface area (Å²) >= 11 is 0. The second-order valence-electron chi connectivity index (χ2n) is 5.08. The molecule has 1 aromatic rings. The van der Waals surface area contributed by atoms with Crippen LogP contribution in [0, 0.1) is 5.82 Å². The zero-order chi connectivity index (χ0) is 15.8. The van der Waals surface area contributed by atoms with E-state index in [0.717, 1.165) is 18.4 Å². The third-order valence-corrected chi connectivity index (χ3v) is 3.38. The van der Waals surface area contributed by atoms with Crippen molar-refractivity contribution < 1.29 is 13.9 Å². The maximum atomic E-state index is 13.9. The first-order valence-electron chi connectivity index (χ1n) is 7.41. The van der Waals surface area contributed by atoms with Gasteiger partial charge in [0.1, 0.15) is 0 Å². The van der Waals surface area contributed by atoms with E-state index in [-0.39, 0.29) is 17.7 Å². The van der Waals surface area contributed by atoms with Crippen molar-refractivity contribution in [1.82, 2.24) is 10.6 Å². The summed E-state index contributed by atoms with van der Waals surface area (Å²) in [5.74, 6) is -0.575. The van der Waals surface area contributed by atoms with Gasteiger partial charge in [-0.25, -0.2) is 4.39 Å². The molecule has 1 amide bonds. The van der Waals surface area contributed by atoms with Crippen LogP contribution in [0.25, 0.3) is 0 Å². The van der Waals surface area contributed by atoms with E-state index in [1.54, 1.807) is 26.1 Å². The number of ether oxygens (including phenoxy) is 1. The molecule has 0 radical (unpaired) electrons. The van der Waals surface area contributed by atoms with E-state index in [4.69, 9.17) is 4.74 Å². The fraction of sp³-hybridized carbons (Fsp3) is 0.562. The Hall–Kier alpha value is -1.62. The number of carbonyl (C=O) groups is 1. The highest BCUT2D eigenvalue weighted by molar-refractivity contribution is 5.81. The van der Waals surface area contributed by atoms with Crippen molar-refractivity contribution in [2.45, 2.75) is 52.3 Å². The maximum Gasteiger partial charge on any atom is 0.260 e. The quantitative estimate of drug-likeness (QED) is 0.775. The normalized spacial score (nSPS) is 12.3. The van der Waals surface area contributed by atoms with Gasteiger partial charge >= 0.3 is 0 Å². The molecule has 21 heavy (non-hydrogen) atoms. The summed E-state index contributed by atoms with van der Waals surface area (Å²) in [4.78, 5) is 12.0. The van der Waals surface area contributed by atoms with Crippen LogP contribution in [0.3, 0.4) is 0 Å². The number of amides is 1. The van der Waals surface area contributed by atoms with Gasteiger partial charge in [0.25, 0.3) is 5.91 Å². The van der Waals surface area contributed by atoms with Crippen molar-refractivity contribution >= 4 is 5.91 Å². The fourth-order valence-electron chi connectivity index (χ4n) is 2.01. The van der Waals surface area contributed by atoms with Gasteiger partial charge in [0, 0.05) is 12.6 Å². The zero-order valence-corrected chi connectivity index (χ0v) is 13.2. The zero-order valence-electron chi connectivity index (χ0n) is 13.2. The van der Waals surface area contributed by atoms with Crippen LogP contribution in [0.2, 0.25) is 0 Å². The van der Waals surface area contributed by atoms with Gasteiger partial charge in [-0.1, -0.05) is 19.9 Å². The highest BCUT2D eigenvalue weighted by atomic mass is 19.1. The number of rotatable bonds is 8. The van der Waals surface area contributed by atoms with E-state index in [9.17, 15) is 9.18 Å². The van der Waals surface area contributed by atoms with Crippen LogP contribution in [-0.2, 0) is 11.3 Å². The molecule has 0 aliphatic heterocycles. The van der Waals surface area contributed by atoms with Crippen molar-refractivity contribution in [3.8, 4) is 5.75 Å². The van der Waals surface area contributed by atoms with Crippen molar-refractivity contribution in [2.75, 3.05) is 7.05 Å². The Labute approximate surface area is 126 Å². The molecule has 1 rings (SSSR count). The van der Waals surface area contributed by atoms with Crippen LogP contribution in [0.4, 0.5) is 4.39 Å². The predicted molar refractivity (Wildman–Crippen MR) is 81.8 cm³/mol. The van der Waals surface area contributed by atoms with Gasteiger partial charge in [0.15, 0.2) is 17.7 Å². The molecule has 4 nitrogen and oxygen atoms in total. The molecule has 0 fully saturated rings. The Morgan fingerprint density at radius 2 is 2.00 bits per heavy atom. The van der Waals surface area contributed by atoms with E-state index in [2.05, 4.69) is 10.6 Å². The molecule has 0 aliphatic rings. The monoisotopic (exact) mass is 296 g/mol. The number of nitrogens with one attached hydrogen (secondary N) is 2. The van der Waals surface area contributed by atoms with Crippen molar-refractivity contribution in [2.24, 2.45) is 0 Å². The Bertz CT molecular complexity index is 462. The van der Waals surface area contributed by atoms with Gasteiger partial charge in [-0.05, 0) is 44.5 Å². The number of carbonyl (C=O) groups excluding carboxylic acids is 1. The average Bonchev–Trinajstić information content (AvgIpc) is 2.47. The summed E-state index contributed by atoms with van der Waals surface area (Å²) in [5.41, 5.74) is 0.830. The van der Waals surface area contributed by atoms with Crippen LogP contribution >= 0.6 is 0 Å². The first-order chi connectivity index (χ1) is 10.0. The van der Waals surface area contributed by atoms with Crippen LogP contribution < -0.4 is 15.4 Å². The van der Waals surface area contributed by atoms with E-state index < -0.39 is 11.9 Å². The molecule has 2 N–H and O–H groups in total. The van der Waals surface area contributed by atoms with Gasteiger partial charge in [-0.15, -0.1) is 0 Å². The van der Waals surface area contributed by atoms with Crippen molar-refractivity contribution in [1.29, 1.82) is 0 Å². The predicted octanol–water partition coefficient (Wildman–Crippen LogP) is 2.62. The summed E-state index contributed by atoms with van der Waals surface area (Å²) in [6.45, 7) is 6.24. The van der Waals surface area contributed by atoms with Crippen molar-refractivity contribution in [3.63, 3.8) is 0 Å². The second kappa shape index (κ2) is 8.62. The maximum absolute atomic E-state index is 13.9. The molecule has 1 unspecified atom stereocenters. The molecular formula is C16H25FN2O2. The van der Waals surface area contributed by atoms with Gasteiger partial charge in [-0.3, -0.25) is 4.79 Å². The summed E-state index contributed by atoms with van der Waals surface area (Å²) in [6, 6.07) is 4.88. The highest BCUT2D eigenvalue weighted by Crippen LogP contribution is 2.19. The van der Waals surface area contributed by atoms with E-state index in [0.29, 0.717) is 6.54 Å². The SMILES string of the molecule is CCC(CC)NC(=O)C(C)Oc1ccc(CNC)cc1F. The molecule has 0 bridgehead atoms. The van der Waals surface area contributed by atoms with Crippen LogP contribution in [0.1, 0.15) is 39.2 Å². The van der Waals surface area contributed by atoms with Gasteiger partial charge in [0.05, 0.1) is 0 Å². The number of hydrogen-bond donors (Lipinski definition) is 2. The molecule has 0 aliphatic carbocycles. The Morgan fingerprint density at radius 3 is 2.52 bits per heavy atom. The molecular weight excluding hydrogens is 271 g/mol. The molecule has 1 aromatic carbocycles. The lowest BCUT2D eigenvalue weighted by molar-refractivity contribution is -0.128. The molecule has 118 valence electrons. The Morgan fingerprint density at radius 1 is 1.33 bits per heavy atom. The lowest BCUT2D eigenvalue weighted by Gasteiger charge is -2.19. The van der Waals surface area contributed by atoms with Crippen LogP contribution in [0.5, 0.6) is 5.75 Å². The van der Waals surface area contributed by atoms with Crippen molar-refractivity contribution in [3.05, 3.63) is 29.6 Å². The largest absolute Gasteiger partial charge is 0.478 e. The topological polar surface area (TPSA) is 50.4 Å². The molecule has 0 saturated carbocycles. The second-order valence-corrected chi connectivity index (χ2v) is 5.08. The lowest BCUT2D eigenvalue weighted by Crippen LogP contribution is -2.42. The number of benzene rings is 1. The van der Waals surface area contributed by atoms with Crippen LogP contribution in [0.15, 0.2) is 18.2 Å². The standard InChI is InChI=1S/C16H25FN2O2/c1-5-13(6-2)19-16(20)11(3)21-15-8-7-12(10-18-4)9-14(15)17/h7-9,11,13,18H,5-6,10H2,1-4H3,(H,19,20). The number of halogens is 1.